The number of hydrogen-bond donors (Lipinski definition) is 2. The van der Waals surface area contributed by atoms with E-state index in [1.165, 1.54) is 6.07 Å². The van der Waals surface area contributed by atoms with Crippen molar-refractivity contribution in [3.8, 4) is 0 Å². The lowest BCUT2D eigenvalue weighted by Crippen LogP contribution is -2.57. The Morgan fingerprint density at radius 3 is 3.00 bits per heavy atom. The fraction of sp³-hybridized carbons (Fsp3) is 0.600. The first-order valence-corrected chi connectivity index (χ1v) is 7.36. The predicted molar refractivity (Wildman–Crippen MR) is 64.9 cm³/mol. The van der Waals surface area contributed by atoms with Crippen molar-refractivity contribution < 1.29 is 22.8 Å². The molecule has 0 saturated carbocycles. The summed E-state index contributed by atoms with van der Waals surface area (Å²) < 4.78 is 30.3. The Morgan fingerprint density at radius 2 is 2.42 bits per heavy atom. The van der Waals surface area contributed by atoms with Crippen LogP contribution in [0.1, 0.15) is 11.5 Å². The van der Waals surface area contributed by atoms with Crippen molar-refractivity contribution in [3.05, 3.63) is 17.5 Å². The molecule has 1 atom stereocenters. The zero-order valence-corrected chi connectivity index (χ0v) is 11.2. The summed E-state index contributed by atoms with van der Waals surface area (Å²) in [5.74, 6) is -0.999. The van der Waals surface area contributed by atoms with Gasteiger partial charge in [0.2, 0.25) is 10.0 Å². The Bertz CT molecular complexity index is 567. The van der Waals surface area contributed by atoms with Gasteiger partial charge in [-0.05, 0) is 6.92 Å². The van der Waals surface area contributed by atoms with Crippen LogP contribution < -0.4 is 5.32 Å². The van der Waals surface area contributed by atoms with Gasteiger partial charge >= 0.3 is 5.97 Å². The number of piperazine rings is 1. The molecular formula is C10H15N3O5S. The third kappa shape index (κ3) is 3.11. The number of rotatable bonds is 4. The minimum absolute atomic E-state index is 0.104. The second-order valence-corrected chi connectivity index (χ2v) is 6.28. The second-order valence-electron chi connectivity index (χ2n) is 4.35. The molecule has 1 aromatic heterocycles. The minimum Gasteiger partial charge on any atom is -0.480 e. The van der Waals surface area contributed by atoms with E-state index in [0.29, 0.717) is 12.3 Å². The highest BCUT2D eigenvalue weighted by Gasteiger charge is 2.37. The fourth-order valence-electron chi connectivity index (χ4n) is 1.98. The molecule has 2 N–H and O–H groups in total. The molecule has 1 aliphatic rings. The molecule has 1 unspecified atom stereocenters. The summed E-state index contributed by atoms with van der Waals surface area (Å²) in [6.07, 6.45) is 0. The lowest BCUT2D eigenvalue weighted by atomic mass is 10.2. The van der Waals surface area contributed by atoms with Gasteiger partial charge in [-0.2, -0.15) is 4.31 Å². The lowest BCUT2D eigenvalue weighted by molar-refractivity contribution is -0.141. The van der Waals surface area contributed by atoms with Gasteiger partial charge in [-0.1, -0.05) is 5.16 Å². The van der Waals surface area contributed by atoms with Crippen LogP contribution in [-0.2, 0) is 20.6 Å². The van der Waals surface area contributed by atoms with Gasteiger partial charge in [0, 0.05) is 25.7 Å². The lowest BCUT2D eigenvalue weighted by Gasteiger charge is -2.32. The van der Waals surface area contributed by atoms with Crippen LogP contribution in [0.3, 0.4) is 0 Å². The molecular weight excluding hydrogens is 274 g/mol. The highest BCUT2D eigenvalue weighted by molar-refractivity contribution is 7.88. The number of carboxylic acids is 1. The Kier molecular flexibility index (Phi) is 3.88. The number of hydrogen-bond acceptors (Lipinski definition) is 6. The molecule has 2 heterocycles. The van der Waals surface area contributed by atoms with Crippen LogP contribution in [0.15, 0.2) is 10.6 Å². The number of aryl methyl sites for hydroxylation is 1. The van der Waals surface area contributed by atoms with Crippen LogP contribution in [0.2, 0.25) is 0 Å². The van der Waals surface area contributed by atoms with Crippen molar-refractivity contribution in [3.63, 3.8) is 0 Å². The van der Waals surface area contributed by atoms with E-state index in [2.05, 4.69) is 10.5 Å². The van der Waals surface area contributed by atoms with Crippen molar-refractivity contribution in [1.82, 2.24) is 14.8 Å². The molecule has 1 fully saturated rings. The maximum Gasteiger partial charge on any atom is 0.323 e. The van der Waals surface area contributed by atoms with Gasteiger partial charge in [-0.15, -0.1) is 0 Å². The van der Waals surface area contributed by atoms with E-state index in [-0.39, 0.29) is 24.5 Å². The number of nitrogens with one attached hydrogen (secondary N) is 1. The van der Waals surface area contributed by atoms with Gasteiger partial charge in [-0.25, -0.2) is 8.42 Å². The maximum absolute atomic E-state index is 12.2. The molecule has 2 rings (SSSR count). The zero-order chi connectivity index (χ0) is 14.0. The number of carbonyl (C=O) groups is 1. The third-order valence-corrected chi connectivity index (χ3v) is 4.66. The molecule has 0 bridgehead atoms. The van der Waals surface area contributed by atoms with Crippen molar-refractivity contribution >= 4 is 16.0 Å². The van der Waals surface area contributed by atoms with Crippen LogP contribution in [0.25, 0.3) is 0 Å². The largest absolute Gasteiger partial charge is 0.480 e. The normalized spacial score (nSPS) is 21.4. The van der Waals surface area contributed by atoms with Crippen molar-refractivity contribution in [2.24, 2.45) is 0 Å². The summed E-state index contributed by atoms with van der Waals surface area (Å²) in [4.78, 5) is 11.1. The topological polar surface area (TPSA) is 113 Å². The van der Waals surface area contributed by atoms with Gasteiger partial charge in [0.1, 0.15) is 23.2 Å². The van der Waals surface area contributed by atoms with Gasteiger partial charge < -0.3 is 14.9 Å². The predicted octanol–water partition coefficient (Wildman–Crippen LogP) is -0.829. The molecule has 0 amide bonds. The van der Waals surface area contributed by atoms with Gasteiger partial charge in [0.05, 0.1) is 0 Å². The molecule has 0 aromatic carbocycles. The Balaban J connectivity index is 2.19. The Morgan fingerprint density at radius 1 is 1.68 bits per heavy atom. The van der Waals surface area contributed by atoms with Gasteiger partial charge in [0.25, 0.3) is 0 Å². The Hall–Kier alpha value is -1.45. The van der Waals surface area contributed by atoms with Gasteiger partial charge in [0.15, 0.2) is 0 Å². The summed E-state index contributed by atoms with van der Waals surface area (Å²) in [5, 5.41) is 15.5. The average molecular weight is 289 g/mol. The number of aromatic nitrogens is 1. The van der Waals surface area contributed by atoms with E-state index in [4.69, 9.17) is 9.63 Å². The number of aliphatic carboxylic acids is 1. The molecule has 9 heteroatoms. The first kappa shape index (κ1) is 14.0. The van der Waals surface area contributed by atoms with E-state index in [1.807, 2.05) is 0 Å². The van der Waals surface area contributed by atoms with Crippen LogP contribution in [0.4, 0.5) is 0 Å². The monoisotopic (exact) mass is 289 g/mol. The van der Waals surface area contributed by atoms with Crippen LogP contribution in [0.5, 0.6) is 0 Å². The first-order chi connectivity index (χ1) is 8.90. The van der Waals surface area contributed by atoms with Crippen molar-refractivity contribution in [2.75, 3.05) is 19.6 Å². The van der Waals surface area contributed by atoms with Crippen LogP contribution in [-0.4, -0.2) is 54.6 Å². The molecule has 106 valence electrons. The molecule has 1 saturated heterocycles. The van der Waals surface area contributed by atoms with Crippen molar-refractivity contribution in [2.45, 2.75) is 18.7 Å². The summed E-state index contributed by atoms with van der Waals surface area (Å²) >= 11 is 0. The molecule has 1 aliphatic heterocycles. The zero-order valence-electron chi connectivity index (χ0n) is 10.4. The van der Waals surface area contributed by atoms with Crippen molar-refractivity contribution in [1.29, 1.82) is 0 Å². The fourth-order valence-corrected chi connectivity index (χ4v) is 3.58. The SMILES string of the molecule is Cc1cc(CS(=O)(=O)N2CCNCC2C(=O)O)no1. The van der Waals surface area contributed by atoms with E-state index < -0.39 is 22.0 Å². The molecule has 8 nitrogen and oxygen atoms in total. The van der Waals surface area contributed by atoms with E-state index in [0.717, 1.165) is 4.31 Å². The van der Waals surface area contributed by atoms with Crippen LogP contribution in [0, 0.1) is 6.92 Å². The summed E-state index contributed by atoms with van der Waals surface area (Å²) in [6, 6.07) is 0.446. The summed E-state index contributed by atoms with van der Waals surface area (Å²) in [7, 11) is -3.73. The molecule has 19 heavy (non-hydrogen) atoms. The van der Waals surface area contributed by atoms with E-state index in [9.17, 15) is 13.2 Å². The highest BCUT2D eigenvalue weighted by atomic mass is 32.2. The van der Waals surface area contributed by atoms with E-state index in [1.54, 1.807) is 6.92 Å². The summed E-state index contributed by atoms with van der Waals surface area (Å²) in [6.45, 7) is 2.33. The number of carboxylic acid groups (broad SMARTS) is 1. The molecule has 0 spiro atoms. The minimum atomic E-state index is -3.73. The maximum atomic E-state index is 12.2. The highest BCUT2D eigenvalue weighted by Crippen LogP contribution is 2.15. The number of nitrogens with zero attached hydrogens (tertiary/aromatic N) is 2. The molecule has 0 aliphatic carbocycles. The smallest absolute Gasteiger partial charge is 0.323 e. The third-order valence-electron chi connectivity index (χ3n) is 2.84. The van der Waals surface area contributed by atoms with Crippen LogP contribution >= 0.6 is 0 Å². The standard InChI is InChI=1S/C10H15N3O5S/c1-7-4-8(12-18-7)6-19(16,17)13-3-2-11-5-9(13)10(14)15/h4,9,11H,2-3,5-6H2,1H3,(H,14,15). The number of sulfonamides is 1. The van der Waals surface area contributed by atoms with E-state index >= 15 is 0 Å². The quantitative estimate of drug-likeness (QED) is 0.744. The second kappa shape index (κ2) is 5.27. The Labute approximate surface area is 110 Å². The van der Waals surface area contributed by atoms with Gasteiger partial charge in [-0.3, -0.25) is 4.79 Å². The first-order valence-electron chi connectivity index (χ1n) is 5.75. The average Bonchev–Trinajstić information content (AvgIpc) is 2.74. The molecule has 0 radical (unpaired) electrons. The summed E-state index contributed by atoms with van der Waals surface area (Å²) in [5.41, 5.74) is 0.278. The molecule has 1 aromatic rings.